The highest BCUT2D eigenvalue weighted by Crippen LogP contribution is 2.29. The maximum absolute atomic E-state index is 11.1. The summed E-state index contributed by atoms with van der Waals surface area (Å²) in [6.07, 6.45) is 7.10. The van der Waals surface area contributed by atoms with Crippen LogP contribution in [0.4, 0.5) is 0 Å². The number of rotatable bonds is 4. The van der Waals surface area contributed by atoms with Gasteiger partial charge in [-0.1, -0.05) is 26.7 Å². The van der Waals surface area contributed by atoms with Gasteiger partial charge in [0, 0.05) is 25.0 Å². The Morgan fingerprint density at radius 1 is 1.35 bits per heavy atom. The molecule has 1 amide bonds. The summed E-state index contributed by atoms with van der Waals surface area (Å²) in [5.41, 5.74) is 0. The number of carbonyl (C=O) groups is 1. The van der Waals surface area contributed by atoms with Crippen LogP contribution in [-0.4, -0.2) is 24.5 Å². The van der Waals surface area contributed by atoms with E-state index in [9.17, 15) is 4.79 Å². The van der Waals surface area contributed by atoms with Crippen LogP contribution in [-0.2, 0) is 4.79 Å². The molecule has 1 saturated carbocycles. The molecule has 98 valence electrons. The van der Waals surface area contributed by atoms with Crippen molar-refractivity contribution in [3.8, 4) is 0 Å². The van der Waals surface area contributed by atoms with Gasteiger partial charge >= 0.3 is 0 Å². The first-order chi connectivity index (χ1) is 8.15. The second-order valence-corrected chi connectivity index (χ2v) is 6.08. The van der Waals surface area contributed by atoms with Crippen LogP contribution in [0.1, 0.15) is 52.4 Å². The Hall–Kier alpha value is -0.570. The van der Waals surface area contributed by atoms with E-state index >= 15 is 0 Å². The fourth-order valence-corrected chi connectivity index (χ4v) is 3.16. The average Bonchev–Trinajstić information content (AvgIpc) is 2.73. The summed E-state index contributed by atoms with van der Waals surface area (Å²) in [5.74, 6) is 1.92. The van der Waals surface area contributed by atoms with E-state index in [1.165, 1.54) is 25.7 Å². The summed E-state index contributed by atoms with van der Waals surface area (Å²) in [6.45, 7) is 5.63. The molecule has 0 bridgehead atoms. The molecule has 2 N–H and O–H groups in total. The monoisotopic (exact) mass is 238 g/mol. The van der Waals surface area contributed by atoms with Crippen molar-refractivity contribution >= 4 is 5.91 Å². The minimum absolute atomic E-state index is 0.223. The smallest absolute Gasteiger partial charge is 0.220 e. The van der Waals surface area contributed by atoms with Crippen molar-refractivity contribution < 1.29 is 4.79 Å². The van der Waals surface area contributed by atoms with E-state index in [1.807, 2.05) is 0 Å². The Bertz CT molecular complexity index is 265. The lowest BCUT2D eigenvalue weighted by molar-refractivity contribution is -0.119. The van der Waals surface area contributed by atoms with Crippen LogP contribution < -0.4 is 10.6 Å². The van der Waals surface area contributed by atoms with Crippen LogP contribution in [0.5, 0.6) is 0 Å². The zero-order valence-corrected chi connectivity index (χ0v) is 11.2. The molecule has 0 spiro atoms. The molecule has 3 atom stereocenters. The van der Waals surface area contributed by atoms with E-state index in [4.69, 9.17) is 0 Å². The molecule has 2 aliphatic rings. The first kappa shape index (κ1) is 12.9. The summed E-state index contributed by atoms with van der Waals surface area (Å²) in [4.78, 5) is 11.1. The van der Waals surface area contributed by atoms with Crippen LogP contribution in [0.2, 0.25) is 0 Å². The lowest BCUT2D eigenvalue weighted by Crippen LogP contribution is -2.42. The number of amides is 1. The van der Waals surface area contributed by atoms with E-state index < -0.39 is 0 Å². The van der Waals surface area contributed by atoms with Crippen LogP contribution in [0.3, 0.4) is 0 Å². The zero-order valence-electron chi connectivity index (χ0n) is 11.2. The lowest BCUT2D eigenvalue weighted by atomic mass is 9.79. The van der Waals surface area contributed by atoms with Crippen molar-refractivity contribution in [3.05, 3.63) is 0 Å². The fraction of sp³-hybridized carbons (Fsp3) is 0.929. The fourth-order valence-electron chi connectivity index (χ4n) is 3.16. The van der Waals surface area contributed by atoms with E-state index in [1.54, 1.807) is 0 Å². The Kier molecular flexibility index (Phi) is 4.43. The normalized spacial score (nSPS) is 34.1. The quantitative estimate of drug-likeness (QED) is 0.787. The molecule has 2 fully saturated rings. The van der Waals surface area contributed by atoms with Gasteiger partial charge in [-0.15, -0.1) is 0 Å². The third-order valence-corrected chi connectivity index (χ3v) is 4.40. The average molecular weight is 238 g/mol. The first-order valence-corrected chi connectivity index (χ1v) is 7.18. The van der Waals surface area contributed by atoms with Gasteiger partial charge in [0.15, 0.2) is 0 Å². The third-order valence-electron chi connectivity index (χ3n) is 4.40. The highest BCUT2D eigenvalue weighted by atomic mass is 16.1. The molecule has 1 heterocycles. The maximum atomic E-state index is 11.1. The van der Waals surface area contributed by atoms with Gasteiger partial charge in [0.25, 0.3) is 0 Å². The molecular formula is C14H26N2O. The van der Waals surface area contributed by atoms with E-state index in [-0.39, 0.29) is 5.91 Å². The van der Waals surface area contributed by atoms with Gasteiger partial charge in [0.1, 0.15) is 0 Å². The van der Waals surface area contributed by atoms with Crippen molar-refractivity contribution in [2.75, 3.05) is 6.54 Å². The summed E-state index contributed by atoms with van der Waals surface area (Å²) in [5, 5.41) is 6.68. The molecule has 1 aliphatic carbocycles. The van der Waals surface area contributed by atoms with Crippen molar-refractivity contribution in [2.24, 2.45) is 11.8 Å². The van der Waals surface area contributed by atoms with Gasteiger partial charge in [-0.3, -0.25) is 4.79 Å². The topological polar surface area (TPSA) is 41.1 Å². The molecule has 0 aromatic carbocycles. The first-order valence-electron chi connectivity index (χ1n) is 7.18. The standard InChI is InChI=1S/C14H26N2O/c1-10(2)11-4-3-5-12(8-11)15-9-13-6-7-14(17)16-13/h10-13,15H,3-9H2,1-2H3,(H,16,17). The van der Waals surface area contributed by atoms with Crippen molar-refractivity contribution in [1.82, 2.24) is 10.6 Å². The van der Waals surface area contributed by atoms with Crippen LogP contribution in [0, 0.1) is 11.8 Å². The number of hydrogen-bond acceptors (Lipinski definition) is 2. The van der Waals surface area contributed by atoms with Gasteiger partial charge in [0.05, 0.1) is 0 Å². The second kappa shape index (κ2) is 5.85. The Labute approximate surface area is 105 Å². The molecule has 2 rings (SSSR count). The number of carbonyl (C=O) groups excluding carboxylic acids is 1. The van der Waals surface area contributed by atoms with E-state index in [2.05, 4.69) is 24.5 Å². The van der Waals surface area contributed by atoms with Crippen LogP contribution in [0.15, 0.2) is 0 Å². The number of hydrogen-bond donors (Lipinski definition) is 2. The Morgan fingerprint density at radius 3 is 2.82 bits per heavy atom. The van der Waals surface area contributed by atoms with E-state index in [0.717, 1.165) is 24.8 Å². The van der Waals surface area contributed by atoms with E-state index in [0.29, 0.717) is 18.5 Å². The predicted octanol–water partition coefficient (Wildman–Crippen LogP) is 2.07. The third kappa shape index (κ3) is 3.70. The molecular weight excluding hydrogens is 212 g/mol. The van der Waals surface area contributed by atoms with Gasteiger partial charge < -0.3 is 10.6 Å². The van der Waals surface area contributed by atoms with Crippen LogP contribution >= 0.6 is 0 Å². The summed E-state index contributed by atoms with van der Waals surface area (Å²) >= 11 is 0. The lowest BCUT2D eigenvalue weighted by Gasteiger charge is -2.32. The molecule has 17 heavy (non-hydrogen) atoms. The summed E-state index contributed by atoms with van der Waals surface area (Å²) in [7, 11) is 0. The predicted molar refractivity (Wildman–Crippen MR) is 69.8 cm³/mol. The molecule has 1 aliphatic heterocycles. The molecule has 1 saturated heterocycles. The largest absolute Gasteiger partial charge is 0.352 e. The van der Waals surface area contributed by atoms with Gasteiger partial charge in [-0.25, -0.2) is 0 Å². The van der Waals surface area contributed by atoms with Crippen molar-refractivity contribution in [3.63, 3.8) is 0 Å². The molecule has 3 nitrogen and oxygen atoms in total. The highest BCUT2D eigenvalue weighted by Gasteiger charge is 2.26. The molecule has 3 unspecified atom stereocenters. The van der Waals surface area contributed by atoms with Gasteiger partial charge in [0.2, 0.25) is 5.91 Å². The molecule has 3 heteroatoms. The molecule has 0 aromatic rings. The van der Waals surface area contributed by atoms with Gasteiger partial charge in [-0.05, 0) is 31.1 Å². The SMILES string of the molecule is CC(C)C1CCCC(NCC2CCC(=O)N2)C1. The zero-order chi connectivity index (χ0) is 12.3. The minimum atomic E-state index is 0.223. The summed E-state index contributed by atoms with van der Waals surface area (Å²) < 4.78 is 0. The van der Waals surface area contributed by atoms with Gasteiger partial charge in [-0.2, -0.15) is 0 Å². The number of nitrogens with one attached hydrogen (secondary N) is 2. The Morgan fingerprint density at radius 2 is 2.18 bits per heavy atom. The second-order valence-electron chi connectivity index (χ2n) is 6.08. The van der Waals surface area contributed by atoms with Crippen molar-refractivity contribution in [1.29, 1.82) is 0 Å². The maximum Gasteiger partial charge on any atom is 0.220 e. The molecule has 0 aromatic heterocycles. The summed E-state index contributed by atoms with van der Waals surface area (Å²) in [6, 6.07) is 1.05. The molecule has 0 radical (unpaired) electrons. The van der Waals surface area contributed by atoms with Crippen molar-refractivity contribution in [2.45, 2.75) is 64.5 Å². The highest BCUT2D eigenvalue weighted by molar-refractivity contribution is 5.78. The minimum Gasteiger partial charge on any atom is -0.352 e. The Balaban J connectivity index is 1.70. The van der Waals surface area contributed by atoms with Crippen LogP contribution in [0.25, 0.3) is 0 Å².